The van der Waals surface area contributed by atoms with Crippen LogP contribution in [-0.4, -0.2) is 15.0 Å². The van der Waals surface area contributed by atoms with E-state index in [2.05, 4.69) is 152 Å². The average Bonchev–Trinajstić information content (AvgIpc) is 3.88. The highest BCUT2D eigenvalue weighted by Gasteiger charge is 2.17. The highest BCUT2D eigenvalue weighted by Crippen LogP contribution is 2.39. The molecule has 270 valence electrons. The molecule has 0 fully saturated rings. The molecule has 58 heavy (non-hydrogen) atoms. The van der Waals surface area contributed by atoms with Crippen molar-refractivity contribution in [3.63, 3.8) is 0 Å². The van der Waals surface area contributed by atoms with E-state index in [0.29, 0.717) is 17.5 Å². The van der Waals surface area contributed by atoms with E-state index in [1.54, 1.807) is 0 Å². The van der Waals surface area contributed by atoms with Crippen molar-refractivity contribution in [3.05, 3.63) is 188 Å². The number of benzene rings is 9. The van der Waals surface area contributed by atoms with Crippen LogP contribution in [0.2, 0.25) is 0 Å². The summed E-state index contributed by atoms with van der Waals surface area (Å²) < 4.78 is 12.4. The number of rotatable bonds is 5. The maximum absolute atomic E-state index is 6.20. The van der Waals surface area contributed by atoms with Crippen molar-refractivity contribution < 1.29 is 8.83 Å². The molecule has 0 aliphatic rings. The van der Waals surface area contributed by atoms with Gasteiger partial charge in [0.1, 0.15) is 22.3 Å². The number of para-hydroxylation sites is 2. The van der Waals surface area contributed by atoms with Crippen molar-refractivity contribution in [1.29, 1.82) is 0 Å². The predicted molar refractivity (Wildman–Crippen MR) is 237 cm³/mol. The van der Waals surface area contributed by atoms with E-state index in [9.17, 15) is 0 Å². The smallest absolute Gasteiger partial charge is 0.164 e. The second-order valence-corrected chi connectivity index (χ2v) is 14.8. The standard InChI is InChI=1S/C53H31N3O2/c1-2-9-32(10-3-1)36-23-17-33-18-24-38(31-40(33)29-36)52-54-51(35-21-19-34(20-22-35)41-13-8-16-47-49(41)43-11-4-6-14-45(43)57-47)55-53(56-52)39-25-27-42-37(30-39)26-28-48-50(42)44-12-5-7-15-46(44)58-48/h1-31H. The average molecular weight is 742 g/mol. The van der Waals surface area contributed by atoms with Gasteiger partial charge in [0.05, 0.1) is 0 Å². The van der Waals surface area contributed by atoms with E-state index >= 15 is 0 Å². The summed E-state index contributed by atoms with van der Waals surface area (Å²) in [4.78, 5) is 15.5. The second kappa shape index (κ2) is 12.8. The maximum atomic E-state index is 6.20. The molecule has 0 amide bonds. The fourth-order valence-corrected chi connectivity index (χ4v) is 8.47. The van der Waals surface area contributed by atoms with E-state index in [1.807, 2.05) is 36.4 Å². The summed E-state index contributed by atoms with van der Waals surface area (Å²) in [6.07, 6.45) is 0. The van der Waals surface area contributed by atoms with Crippen LogP contribution in [0, 0.1) is 0 Å². The molecule has 0 N–H and O–H groups in total. The number of nitrogens with zero attached hydrogens (tertiary/aromatic N) is 3. The summed E-state index contributed by atoms with van der Waals surface area (Å²) in [5.74, 6) is 1.83. The maximum Gasteiger partial charge on any atom is 0.164 e. The largest absolute Gasteiger partial charge is 0.456 e. The minimum absolute atomic E-state index is 0.605. The minimum atomic E-state index is 0.605. The van der Waals surface area contributed by atoms with Gasteiger partial charge in [0.25, 0.3) is 0 Å². The molecule has 9 aromatic carbocycles. The fourth-order valence-electron chi connectivity index (χ4n) is 8.47. The zero-order valence-corrected chi connectivity index (χ0v) is 31.1. The van der Waals surface area contributed by atoms with Crippen LogP contribution in [-0.2, 0) is 0 Å². The summed E-state index contributed by atoms with van der Waals surface area (Å²) in [7, 11) is 0. The number of fused-ring (bicyclic) bond motifs is 9. The Kier molecular flexibility index (Phi) is 7.16. The van der Waals surface area contributed by atoms with Gasteiger partial charge in [-0.15, -0.1) is 0 Å². The normalized spacial score (nSPS) is 11.8. The summed E-state index contributed by atoms with van der Waals surface area (Å²) in [5.41, 5.74) is 10.8. The van der Waals surface area contributed by atoms with Crippen molar-refractivity contribution in [3.8, 4) is 56.4 Å². The van der Waals surface area contributed by atoms with Crippen LogP contribution in [0.5, 0.6) is 0 Å². The first-order chi connectivity index (χ1) is 28.7. The van der Waals surface area contributed by atoms with Gasteiger partial charge in [-0.2, -0.15) is 0 Å². The monoisotopic (exact) mass is 741 g/mol. The first kappa shape index (κ1) is 32.4. The van der Waals surface area contributed by atoms with Crippen LogP contribution in [0.4, 0.5) is 0 Å². The summed E-state index contributed by atoms with van der Waals surface area (Å²) in [6.45, 7) is 0. The molecular weight excluding hydrogens is 711 g/mol. The summed E-state index contributed by atoms with van der Waals surface area (Å²) in [5, 5.41) is 8.92. The van der Waals surface area contributed by atoms with Crippen molar-refractivity contribution in [2.24, 2.45) is 0 Å². The van der Waals surface area contributed by atoms with Crippen LogP contribution < -0.4 is 0 Å². The molecule has 5 nitrogen and oxygen atoms in total. The van der Waals surface area contributed by atoms with Crippen molar-refractivity contribution in [2.75, 3.05) is 0 Å². The molecule has 0 atom stereocenters. The molecule has 12 aromatic rings. The Morgan fingerprint density at radius 2 is 0.793 bits per heavy atom. The highest BCUT2D eigenvalue weighted by molar-refractivity contribution is 6.19. The molecule has 0 aliphatic carbocycles. The Hall–Kier alpha value is -7.89. The second-order valence-electron chi connectivity index (χ2n) is 14.8. The molecule has 0 saturated heterocycles. The van der Waals surface area contributed by atoms with Gasteiger partial charge in [-0.05, 0) is 86.3 Å². The molecule has 3 heterocycles. The molecule has 0 radical (unpaired) electrons. The SMILES string of the molecule is c1ccc(-c2ccc3ccc(-c4nc(-c5ccc(-c6cccc7oc8ccccc8c67)cc5)nc(-c5ccc6c(ccc7oc8ccccc8c76)c5)n4)cc3c2)cc1. The molecule has 12 rings (SSSR count). The zero-order valence-electron chi connectivity index (χ0n) is 31.1. The number of aromatic nitrogens is 3. The Morgan fingerprint density at radius 3 is 1.53 bits per heavy atom. The number of hydrogen-bond donors (Lipinski definition) is 0. The van der Waals surface area contributed by atoms with Gasteiger partial charge >= 0.3 is 0 Å². The van der Waals surface area contributed by atoms with Gasteiger partial charge < -0.3 is 8.83 Å². The van der Waals surface area contributed by atoms with E-state index < -0.39 is 0 Å². The third kappa shape index (κ3) is 5.29. The van der Waals surface area contributed by atoms with Crippen LogP contribution in [0.1, 0.15) is 0 Å². The topological polar surface area (TPSA) is 65.0 Å². The van der Waals surface area contributed by atoms with Crippen LogP contribution in [0.25, 0.3) is 122 Å². The first-order valence-electron chi connectivity index (χ1n) is 19.4. The van der Waals surface area contributed by atoms with Crippen molar-refractivity contribution in [2.45, 2.75) is 0 Å². The quantitative estimate of drug-likeness (QED) is 0.176. The third-order valence-electron chi connectivity index (χ3n) is 11.3. The van der Waals surface area contributed by atoms with Gasteiger partial charge in [0.15, 0.2) is 17.5 Å². The van der Waals surface area contributed by atoms with Crippen molar-refractivity contribution in [1.82, 2.24) is 15.0 Å². The number of furan rings is 2. The van der Waals surface area contributed by atoms with E-state index in [4.69, 9.17) is 23.8 Å². The lowest BCUT2D eigenvalue weighted by Crippen LogP contribution is -2.00. The Morgan fingerprint density at radius 1 is 0.276 bits per heavy atom. The Balaban J connectivity index is 1.01. The molecule has 0 bridgehead atoms. The van der Waals surface area contributed by atoms with Crippen LogP contribution in [0.3, 0.4) is 0 Å². The third-order valence-corrected chi connectivity index (χ3v) is 11.3. The predicted octanol–water partition coefficient (Wildman–Crippen LogP) is 14.3. The van der Waals surface area contributed by atoms with Crippen LogP contribution >= 0.6 is 0 Å². The molecule has 0 spiro atoms. The molecule has 3 aromatic heterocycles. The molecule has 0 unspecified atom stereocenters. The highest BCUT2D eigenvalue weighted by atomic mass is 16.3. The molecular formula is C53H31N3O2. The molecule has 0 saturated carbocycles. The van der Waals surface area contributed by atoms with Gasteiger partial charge in [-0.1, -0.05) is 146 Å². The van der Waals surface area contributed by atoms with Crippen molar-refractivity contribution >= 4 is 65.4 Å². The zero-order chi connectivity index (χ0) is 38.2. The minimum Gasteiger partial charge on any atom is -0.456 e. The molecule has 0 aliphatic heterocycles. The van der Waals surface area contributed by atoms with Gasteiger partial charge in [0, 0.05) is 38.2 Å². The summed E-state index contributed by atoms with van der Waals surface area (Å²) in [6, 6.07) is 65.2. The lowest BCUT2D eigenvalue weighted by atomic mass is 9.98. The lowest BCUT2D eigenvalue weighted by molar-refractivity contribution is 0.668. The van der Waals surface area contributed by atoms with Gasteiger partial charge in [0.2, 0.25) is 0 Å². The van der Waals surface area contributed by atoms with E-state index in [1.165, 1.54) is 5.56 Å². The van der Waals surface area contributed by atoms with Gasteiger partial charge in [-0.3, -0.25) is 0 Å². The Labute approximate surface area is 332 Å². The Bertz CT molecular complexity index is 3570. The lowest BCUT2D eigenvalue weighted by Gasteiger charge is -2.11. The van der Waals surface area contributed by atoms with E-state index in [0.717, 1.165) is 98.8 Å². The van der Waals surface area contributed by atoms with Gasteiger partial charge in [-0.25, -0.2) is 15.0 Å². The fraction of sp³-hybridized carbons (Fsp3) is 0. The first-order valence-corrected chi connectivity index (χ1v) is 19.4. The van der Waals surface area contributed by atoms with Crippen LogP contribution in [0.15, 0.2) is 197 Å². The van der Waals surface area contributed by atoms with E-state index in [-0.39, 0.29) is 0 Å². The summed E-state index contributed by atoms with van der Waals surface area (Å²) >= 11 is 0. The molecule has 5 heteroatoms. The number of hydrogen-bond acceptors (Lipinski definition) is 5.